The number of halogens is 3. The summed E-state index contributed by atoms with van der Waals surface area (Å²) in [6, 6.07) is 0. The summed E-state index contributed by atoms with van der Waals surface area (Å²) in [6.07, 6.45) is 3.08. The predicted molar refractivity (Wildman–Crippen MR) is 30.4 cm³/mol. The van der Waals surface area contributed by atoms with E-state index in [4.69, 9.17) is 4.74 Å². The van der Waals surface area contributed by atoms with E-state index in [1.54, 1.807) is 0 Å². The molecule has 0 spiro atoms. The fourth-order valence-electron chi connectivity index (χ4n) is 0.739. The maximum absolute atomic E-state index is 5.15. The summed E-state index contributed by atoms with van der Waals surface area (Å²) in [5.41, 5.74) is 0. The van der Waals surface area contributed by atoms with Crippen molar-refractivity contribution in [2.45, 2.75) is 25.9 Å². The fourth-order valence-corrected chi connectivity index (χ4v) is 0.739. The van der Waals surface area contributed by atoms with Gasteiger partial charge in [0.15, 0.2) is 0 Å². The van der Waals surface area contributed by atoms with E-state index in [-0.39, 0.29) is 88.3 Å². The van der Waals surface area contributed by atoms with E-state index in [0.29, 0.717) is 6.10 Å². The first kappa shape index (κ1) is 29.2. The Morgan fingerprint density at radius 3 is 1.82 bits per heavy atom. The first-order valence-electron chi connectivity index (χ1n) is 2.51. The largest absolute Gasteiger partial charge is 2.00 e. The zero-order valence-electron chi connectivity index (χ0n) is 6.95. The van der Waals surface area contributed by atoms with Gasteiger partial charge in [0.1, 0.15) is 0 Å². The summed E-state index contributed by atoms with van der Waals surface area (Å²) >= 11 is 0. The molecule has 0 amide bonds. The normalized spacial score (nSPS) is 18.8. The first-order chi connectivity index (χ1) is 2.89. The van der Waals surface area contributed by atoms with Crippen LogP contribution in [0.15, 0.2) is 0 Å². The van der Waals surface area contributed by atoms with Crippen LogP contribution in [0.1, 0.15) is 19.8 Å². The Balaban J connectivity index is -0.0000000240. The van der Waals surface area contributed by atoms with Crippen molar-refractivity contribution >= 4 is 23.1 Å². The Bertz CT molecular complexity index is 57.7. The second kappa shape index (κ2) is 18.4. The quantitative estimate of drug-likeness (QED) is 0.404. The minimum Gasteiger partial charge on any atom is -1.00 e. The molecule has 0 saturated carbocycles. The predicted octanol–water partition coefficient (Wildman–Crippen LogP) is -11.2. The molecule has 1 saturated heterocycles. The molecule has 1 nitrogen and oxygen atoms in total. The van der Waals surface area contributed by atoms with Crippen LogP contribution in [-0.2, 0) is 4.74 Å². The summed E-state index contributed by atoms with van der Waals surface area (Å²) < 4.78 is 5.15. The summed E-state index contributed by atoms with van der Waals surface area (Å²) in [4.78, 5) is 0. The van der Waals surface area contributed by atoms with Gasteiger partial charge in [0, 0.05) is 6.61 Å². The third-order valence-corrected chi connectivity index (χ3v) is 1.16. The molecule has 1 rings (SSSR count). The van der Waals surface area contributed by atoms with Gasteiger partial charge in [-0.15, -0.1) is 0 Å². The first-order valence-corrected chi connectivity index (χ1v) is 2.51. The van der Waals surface area contributed by atoms with Crippen molar-refractivity contribution in [2.24, 2.45) is 0 Å². The van der Waals surface area contributed by atoms with Gasteiger partial charge >= 0.3 is 41.9 Å². The molecule has 1 atom stereocenters. The molecule has 11 heavy (non-hydrogen) atoms. The molecule has 1 unspecified atom stereocenters. The van der Waals surface area contributed by atoms with Crippen LogP contribution in [0.25, 0.3) is 0 Å². The molecule has 1 aliphatic rings. The van der Waals surface area contributed by atoms with Crippen molar-refractivity contribution in [2.75, 3.05) is 6.61 Å². The maximum Gasteiger partial charge on any atom is 2.00 e. The smallest absolute Gasteiger partial charge is 1.00 e. The number of ether oxygens (including phenoxy) is 1. The minimum atomic E-state index is 0. The van der Waals surface area contributed by atoms with Crippen LogP contribution in [0, 0.1) is 0 Å². The Labute approximate surface area is 124 Å². The average Bonchev–Trinajstić information content (AvgIpc) is 1.86. The zero-order chi connectivity index (χ0) is 4.41. The van der Waals surface area contributed by atoms with Crippen LogP contribution < -0.4 is 65.2 Å². The Morgan fingerprint density at radius 1 is 1.27 bits per heavy atom. The van der Waals surface area contributed by atoms with E-state index >= 15 is 0 Å². The van der Waals surface area contributed by atoms with Crippen LogP contribution in [-0.4, -0.2) is 35.8 Å². The van der Waals surface area contributed by atoms with Crippen molar-refractivity contribution in [3.63, 3.8) is 0 Å². The van der Waals surface area contributed by atoms with Crippen molar-refractivity contribution in [1.29, 1.82) is 0 Å². The van der Waals surface area contributed by atoms with E-state index in [1.165, 1.54) is 12.8 Å². The molecule has 1 heterocycles. The molecule has 0 aromatic rings. The van der Waals surface area contributed by atoms with E-state index in [9.17, 15) is 0 Å². The van der Waals surface area contributed by atoms with Crippen molar-refractivity contribution in [3.8, 4) is 0 Å². The van der Waals surface area contributed by atoms with E-state index in [1.807, 2.05) is 0 Å². The van der Waals surface area contributed by atoms with E-state index in [2.05, 4.69) is 6.92 Å². The molecule has 60 valence electrons. The van der Waals surface area contributed by atoms with E-state index < -0.39 is 0 Å². The summed E-state index contributed by atoms with van der Waals surface area (Å²) in [6.45, 7) is 3.11. The molecule has 0 radical (unpaired) electrons. The third-order valence-electron chi connectivity index (χ3n) is 1.16. The Hall–Kier alpha value is 2.57. The number of hydrogen-bond acceptors (Lipinski definition) is 1. The van der Waals surface area contributed by atoms with Gasteiger partial charge in [0.05, 0.1) is 6.10 Å². The van der Waals surface area contributed by atoms with Gasteiger partial charge in [-0.2, -0.15) is 0 Å². The fraction of sp³-hybridized carbons (Fsp3) is 1.00. The van der Waals surface area contributed by atoms with Crippen molar-refractivity contribution in [3.05, 3.63) is 0 Å². The minimum absolute atomic E-state index is 0. The van der Waals surface area contributed by atoms with Crippen molar-refractivity contribution < 1.29 is 70.0 Å². The summed E-state index contributed by atoms with van der Waals surface area (Å²) in [5.74, 6) is 0. The molecular formula is C5H10Br2ClLiMgO. The number of rotatable bonds is 0. The second-order valence-electron chi connectivity index (χ2n) is 1.82. The molecule has 0 aromatic heterocycles. The maximum atomic E-state index is 5.15. The molecule has 0 aliphatic carbocycles. The SMILES string of the molecule is CC1CCCO1.[Br-].[Br-].[Cl-].[Li+].[Mg+2]. The topological polar surface area (TPSA) is 9.23 Å². The van der Waals surface area contributed by atoms with Crippen LogP contribution >= 0.6 is 0 Å². The van der Waals surface area contributed by atoms with Gasteiger partial charge in [0.25, 0.3) is 0 Å². The zero-order valence-corrected chi connectivity index (χ0v) is 12.3. The van der Waals surface area contributed by atoms with Crippen molar-refractivity contribution in [1.82, 2.24) is 0 Å². The molecule has 1 aliphatic heterocycles. The molecule has 6 heteroatoms. The standard InChI is InChI=1S/C5H10O.2BrH.ClH.Li.Mg/c1-5-3-2-4-6-5;;;;;/h5H,2-4H2,1H3;3*1H;;/q;;;;+1;+2/p-3. The summed E-state index contributed by atoms with van der Waals surface area (Å²) in [7, 11) is 0. The molecule has 0 bridgehead atoms. The second-order valence-corrected chi connectivity index (χ2v) is 1.82. The molecule has 0 aromatic carbocycles. The van der Waals surface area contributed by atoms with E-state index in [0.717, 1.165) is 6.61 Å². The summed E-state index contributed by atoms with van der Waals surface area (Å²) in [5, 5.41) is 0. The van der Waals surface area contributed by atoms with Crippen LogP contribution in [0.5, 0.6) is 0 Å². The Kier molecular flexibility index (Phi) is 48.8. The van der Waals surface area contributed by atoms with Gasteiger partial charge in [-0.3, -0.25) is 0 Å². The van der Waals surface area contributed by atoms with Gasteiger partial charge in [-0.25, -0.2) is 0 Å². The monoisotopic (exact) mass is 310 g/mol. The average molecular weight is 313 g/mol. The van der Waals surface area contributed by atoms with Crippen LogP contribution in [0.3, 0.4) is 0 Å². The molecule has 1 fully saturated rings. The third kappa shape index (κ3) is 15.3. The molecule has 0 N–H and O–H groups in total. The van der Waals surface area contributed by atoms with Gasteiger partial charge in [-0.1, -0.05) is 0 Å². The van der Waals surface area contributed by atoms with Gasteiger partial charge in [0.2, 0.25) is 0 Å². The van der Waals surface area contributed by atoms with Gasteiger partial charge < -0.3 is 51.1 Å². The Morgan fingerprint density at radius 2 is 1.73 bits per heavy atom. The number of hydrogen-bond donors (Lipinski definition) is 0. The molecular weight excluding hydrogens is 303 g/mol. The van der Waals surface area contributed by atoms with Crippen LogP contribution in [0.4, 0.5) is 0 Å². The van der Waals surface area contributed by atoms with Crippen LogP contribution in [0.2, 0.25) is 0 Å². The van der Waals surface area contributed by atoms with Gasteiger partial charge in [-0.05, 0) is 19.8 Å².